The summed E-state index contributed by atoms with van der Waals surface area (Å²) in [6.45, 7) is 3.96. The zero-order chi connectivity index (χ0) is 30.9. The highest BCUT2D eigenvalue weighted by molar-refractivity contribution is 8.13. The minimum Gasteiger partial charge on any atom is -0.479 e. The summed E-state index contributed by atoms with van der Waals surface area (Å²) in [6.07, 6.45) is -2.86. The molecule has 232 valence electrons. The summed E-state index contributed by atoms with van der Waals surface area (Å²) >= 11 is 0.934. The molecule has 2 heterocycles. The number of aliphatic hydroxyl groups excluding tert-OH is 2. The molecule has 3 aromatic rings. The Bertz CT molecular complexity index is 1360. The van der Waals surface area contributed by atoms with Crippen molar-refractivity contribution in [2.45, 2.75) is 45.9 Å². The number of ether oxygens (including phenoxy) is 2. The topological polar surface area (TPSA) is 213 Å². The van der Waals surface area contributed by atoms with E-state index in [1.807, 2.05) is 30.3 Å². The Kier molecular flexibility index (Phi) is 12.2. The Morgan fingerprint density at radius 3 is 2.57 bits per heavy atom. The fourth-order valence-corrected chi connectivity index (χ4v) is 5.70. The number of nitrogens with two attached hydrogens (primary N) is 1. The number of fused-ring (bicyclic) bond motifs is 1. The van der Waals surface area contributed by atoms with Crippen LogP contribution in [0.3, 0.4) is 0 Å². The molecule has 0 saturated heterocycles. The average molecular weight is 629 g/mol. The van der Waals surface area contributed by atoms with Crippen molar-refractivity contribution in [3.63, 3.8) is 0 Å². The summed E-state index contributed by atoms with van der Waals surface area (Å²) in [6, 6.07) is 9.10. The summed E-state index contributed by atoms with van der Waals surface area (Å²) < 4.78 is 37.3. The van der Waals surface area contributed by atoms with Gasteiger partial charge in [-0.25, -0.2) is 14.6 Å². The number of aliphatic hydroxyl groups is 3. The first-order valence-electron chi connectivity index (χ1n) is 12.9. The number of nitrogen functional groups attached to an aromatic ring is 1. The van der Waals surface area contributed by atoms with Crippen molar-refractivity contribution in [3.05, 3.63) is 42.2 Å². The van der Waals surface area contributed by atoms with Crippen LogP contribution in [-0.4, -0.2) is 85.0 Å². The Morgan fingerprint density at radius 2 is 1.93 bits per heavy atom. The van der Waals surface area contributed by atoms with Gasteiger partial charge >= 0.3 is 7.75 Å². The first-order chi connectivity index (χ1) is 19.9. The molecule has 3 rings (SSSR count). The van der Waals surface area contributed by atoms with Crippen LogP contribution in [-0.2, 0) is 29.7 Å². The lowest BCUT2D eigenvalue weighted by Gasteiger charge is -2.27. The number of methoxy groups -OCH3 is 1. The first kappa shape index (κ1) is 33.8. The van der Waals surface area contributed by atoms with Crippen LogP contribution in [0.15, 0.2) is 36.7 Å². The molecule has 0 bridgehead atoms. The maximum absolute atomic E-state index is 13.6. The van der Waals surface area contributed by atoms with E-state index in [-0.39, 0.29) is 48.1 Å². The molecule has 15 nitrogen and oxygen atoms in total. The van der Waals surface area contributed by atoms with Gasteiger partial charge in [-0.1, -0.05) is 42.1 Å². The number of benzene rings is 1. The van der Waals surface area contributed by atoms with E-state index >= 15 is 0 Å². The van der Waals surface area contributed by atoms with E-state index in [0.717, 1.165) is 17.3 Å². The molecule has 17 heteroatoms. The molecule has 2 aromatic heterocycles. The van der Waals surface area contributed by atoms with Crippen molar-refractivity contribution in [2.75, 3.05) is 38.4 Å². The third kappa shape index (κ3) is 9.17. The summed E-state index contributed by atoms with van der Waals surface area (Å²) in [7, 11) is -2.63. The van der Waals surface area contributed by atoms with Gasteiger partial charge in [0.15, 0.2) is 22.6 Å². The number of hydrogen-bond donors (Lipinski definition) is 5. The third-order valence-corrected chi connectivity index (χ3v) is 8.69. The minimum absolute atomic E-state index is 0.0576. The van der Waals surface area contributed by atoms with Crippen molar-refractivity contribution in [2.24, 2.45) is 5.41 Å². The molecule has 0 amide bonds. The van der Waals surface area contributed by atoms with Gasteiger partial charge in [-0.3, -0.25) is 18.4 Å². The SMILES string of the molecule is COc1nc(N)nc2c1ncn2[C@@H](C)O[C@H](COP(=O)(NCc1ccccc1)OCCSC(=O)C(C)(C)CO)C(O)O. The van der Waals surface area contributed by atoms with Crippen LogP contribution < -0.4 is 15.6 Å². The van der Waals surface area contributed by atoms with Crippen LogP contribution in [0.25, 0.3) is 11.2 Å². The molecule has 0 saturated carbocycles. The molecule has 0 aliphatic heterocycles. The van der Waals surface area contributed by atoms with Crippen molar-refractivity contribution in [1.82, 2.24) is 24.6 Å². The Balaban J connectivity index is 1.69. The van der Waals surface area contributed by atoms with Crippen LogP contribution in [0.5, 0.6) is 5.88 Å². The highest BCUT2D eigenvalue weighted by Gasteiger charge is 2.31. The smallest absolute Gasteiger partial charge is 0.405 e. The minimum atomic E-state index is -4.04. The Hall–Kier alpha value is -2.66. The molecule has 0 spiro atoms. The normalized spacial score (nSPS) is 15.0. The summed E-state index contributed by atoms with van der Waals surface area (Å²) in [4.78, 5) is 24.7. The van der Waals surface area contributed by atoms with Crippen LogP contribution in [0.1, 0.15) is 32.6 Å². The predicted molar refractivity (Wildman–Crippen MR) is 155 cm³/mol. The highest BCUT2D eigenvalue weighted by Crippen LogP contribution is 2.44. The van der Waals surface area contributed by atoms with Gasteiger partial charge in [0.05, 0.1) is 38.7 Å². The van der Waals surface area contributed by atoms with Gasteiger partial charge in [-0.05, 0) is 26.3 Å². The lowest BCUT2D eigenvalue weighted by Crippen LogP contribution is -2.35. The number of hydrogen-bond acceptors (Lipinski definition) is 14. The van der Waals surface area contributed by atoms with Gasteiger partial charge in [0.25, 0.3) is 0 Å². The van der Waals surface area contributed by atoms with Crippen molar-refractivity contribution < 1.29 is 43.2 Å². The summed E-state index contributed by atoms with van der Waals surface area (Å²) in [5.74, 6) is 0.246. The number of aromatic nitrogens is 4. The lowest BCUT2D eigenvalue weighted by molar-refractivity contribution is -0.184. The summed E-state index contributed by atoms with van der Waals surface area (Å²) in [5, 5.41) is 32.0. The maximum atomic E-state index is 13.6. The number of thioether (sulfide) groups is 1. The standard InChI is InChI=1S/C25H37N6O9PS/c1-16(31-15-27-19-20(31)29-24(26)30-21(19)37-4)40-18(22(33)34)13-39-41(36,28-12-17-8-6-5-7-9-17)38-10-11-42-23(35)25(2,3)14-32/h5-9,15-16,18,22,32-34H,10-14H2,1-4H3,(H,28,36)(H2,26,29,30)/t16-,18-,41?/m1/s1. The molecule has 0 aliphatic carbocycles. The Labute approximate surface area is 247 Å². The lowest BCUT2D eigenvalue weighted by atomic mass is 9.97. The number of carbonyl (C=O) groups excluding carboxylic acids is 1. The second-order valence-electron chi connectivity index (χ2n) is 9.73. The zero-order valence-corrected chi connectivity index (χ0v) is 25.5. The number of nitrogens with one attached hydrogen (secondary N) is 1. The third-order valence-electron chi connectivity index (χ3n) is 5.95. The Morgan fingerprint density at radius 1 is 1.21 bits per heavy atom. The van der Waals surface area contributed by atoms with Gasteiger partial charge in [-0.2, -0.15) is 9.97 Å². The second-order valence-corrected chi connectivity index (χ2v) is 12.6. The first-order valence-corrected chi connectivity index (χ1v) is 15.4. The monoisotopic (exact) mass is 628 g/mol. The quantitative estimate of drug-likeness (QED) is 0.0819. The van der Waals surface area contributed by atoms with Crippen molar-refractivity contribution in [3.8, 4) is 5.88 Å². The molecule has 0 aliphatic rings. The van der Waals surface area contributed by atoms with Gasteiger partial charge in [0.2, 0.25) is 11.8 Å². The summed E-state index contributed by atoms with van der Waals surface area (Å²) in [5.41, 5.74) is 6.24. The number of carbonyl (C=O) groups is 1. The van der Waals surface area contributed by atoms with E-state index in [9.17, 15) is 24.7 Å². The molecular formula is C25H37N6O9PS. The van der Waals surface area contributed by atoms with Crippen LogP contribution >= 0.6 is 19.5 Å². The fraction of sp³-hybridized carbons (Fsp3) is 0.520. The zero-order valence-electron chi connectivity index (χ0n) is 23.7. The average Bonchev–Trinajstić information content (AvgIpc) is 3.40. The maximum Gasteiger partial charge on any atom is 0.405 e. The van der Waals surface area contributed by atoms with Crippen LogP contribution in [0.4, 0.5) is 5.95 Å². The van der Waals surface area contributed by atoms with Crippen LogP contribution in [0.2, 0.25) is 0 Å². The van der Waals surface area contributed by atoms with Crippen molar-refractivity contribution >= 4 is 41.7 Å². The molecular weight excluding hydrogens is 591 g/mol. The molecule has 1 aromatic carbocycles. The van der Waals surface area contributed by atoms with Gasteiger partial charge in [0.1, 0.15) is 12.3 Å². The van der Waals surface area contributed by atoms with E-state index in [4.69, 9.17) is 24.3 Å². The molecule has 42 heavy (non-hydrogen) atoms. The van der Waals surface area contributed by atoms with E-state index < -0.39 is 38.4 Å². The van der Waals surface area contributed by atoms with Gasteiger partial charge in [0, 0.05) is 12.3 Å². The highest BCUT2D eigenvalue weighted by atomic mass is 32.2. The van der Waals surface area contributed by atoms with Crippen molar-refractivity contribution in [1.29, 1.82) is 0 Å². The van der Waals surface area contributed by atoms with Crippen LogP contribution in [0, 0.1) is 5.41 Å². The van der Waals surface area contributed by atoms with E-state index in [0.29, 0.717) is 5.52 Å². The molecule has 6 N–H and O–H groups in total. The molecule has 0 radical (unpaired) electrons. The van der Waals surface area contributed by atoms with E-state index in [2.05, 4.69) is 20.0 Å². The van der Waals surface area contributed by atoms with E-state index in [1.165, 1.54) is 18.0 Å². The van der Waals surface area contributed by atoms with Gasteiger partial charge in [-0.15, -0.1) is 0 Å². The number of rotatable bonds is 17. The molecule has 1 unspecified atom stereocenters. The number of anilines is 1. The van der Waals surface area contributed by atoms with Gasteiger partial charge < -0.3 is 30.5 Å². The second kappa shape index (κ2) is 15.2. The predicted octanol–water partition coefficient (Wildman–Crippen LogP) is 1.84. The fourth-order valence-electron chi connectivity index (χ4n) is 3.47. The largest absolute Gasteiger partial charge is 0.479 e. The number of imidazole rings is 1. The molecule has 3 atom stereocenters. The molecule has 0 fully saturated rings. The van der Waals surface area contributed by atoms with E-state index in [1.54, 1.807) is 20.8 Å². The number of nitrogens with zero attached hydrogens (tertiary/aromatic N) is 4.